The Labute approximate surface area is 184 Å². The first-order chi connectivity index (χ1) is 15.1. The minimum Gasteiger partial charge on any atom is -0.371 e. The molecule has 0 aliphatic carbocycles. The third kappa shape index (κ3) is 5.62. The SMILES string of the molecule is NCCCCCCN(CCCCN)c1cccc2c1CN(C1CCC(=O)NC1=O)C2=O. The molecule has 1 fully saturated rings. The molecule has 5 N–H and O–H groups in total. The van der Waals surface area contributed by atoms with Crippen molar-refractivity contribution in [3.63, 3.8) is 0 Å². The molecule has 2 aliphatic heterocycles. The van der Waals surface area contributed by atoms with Crippen molar-refractivity contribution in [1.82, 2.24) is 10.2 Å². The zero-order valence-electron chi connectivity index (χ0n) is 18.3. The Bertz CT molecular complexity index is 797. The van der Waals surface area contributed by atoms with Crippen molar-refractivity contribution in [3.8, 4) is 0 Å². The van der Waals surface area contributed by atoms with Gasteiger partial charge in [0, 0.05) is 42.9 Å². The van der Waals surface area contributed by atoms with Crippen LogP contribution in [-0.2, 0) is 16.1 Å². The molecule has 0 spiro atoms. The van der Waals surface area contributed by atoms with Crippen molar-refractivity contribution < 1.29 is 14.4 Å². The van der Waals surface area contributed by atoms with E-state index in [1.54, 1.807) is 4.90 Å². The maximum absolute atomic E-state index is 13.1. The molecule has 8 heteroatoms. The van der Waals surface area contributed by atoms with Crippen molar-refractivity contribution in [2.75, 3.05) is 31.1 Å². The van der Waals surface area contributed by atoms with Crippen LogP contribution in [0.4, 0.5) is 5.69 Å². The number of amides is 3. The smallest absolute Gasteiger partial charge is 0.255 e. The molecular formula is C23H35N5O3. The summed E-state index contributed by atoms with van der Waals surface area (Å²) in [5.74, 6) is -0.776. The molecule has 1 aromatic carbocycles. The van der Waals surface area contributed by atoms with E-state index in [0.29, 0.717) is 25.1 Å². The van der Waals surface area contributed by atoms with Gasteiger partial charge >= 0.3 is 0 Å². The summed E-state index contributed by atoms with van der Waals surface area (Å²) >= 11 is 0. The van der Waals surface area contributed by atoms with Gasteiger partial charge in [-0.15, -0.1) is 0 Å². The second-order valence-corrected chi connectivity index (χ2v) is 8.39. The van der Waals surface area contributed by atoms with E-state index in [0.717, 1.165) is 69.4 Å². The molecule has 3 rings (SSSR count). The molecule has 0 bridgehead atoms. The fraction of sp³-hybridized carbons (Fsp3) is 0.609. The topological polar surface area (TPSA) is 122 Å². The van der Waals surface area contributed by atoms with Crippen molar-refractivity contribution in [3.05, 3.63) is 29.3 Å². The summed E-state index contributed by atoms with van der Waals surface area (Å²) in [6.45, 7) is 3.59. The number of benzene rings is 1. The van der Waals surface area contributed by atoms with Gasteiger partial charge in [-0.05, 0) is 57.3 Å². The van der Waals surface area contributed by atoms with Crippen LogP contribution >= 0.6 is 0 Å². The molecule has 31 heavy (non-hydrogen) atoms. The van der Waals surface area contributed by atoms with Gasteiger partial charge in [-0.2, -0.15) is 0 Å². The number of nitrogens with one attached hydrogen (secondary N) is 1. The van der Waals surface area contributed by atoms with E-state index in [1.807, 2.05) is 12.1 Å². The zero-order valence-corrected chi connectivity index (χ0v) is 18.3. The molecule has 3 amide bonds. The van der Waals surface area contributed by atoms with Gasteiger partial charge in [0.2, 0.25) is 11.8 Å². The number of imide groups is 1. The summed E-state index contributed by atoms with van der Waals surface area (Å²) in [6.07, 6.45) is 6.95. The fourth-order valence-electron chi connectivity index (χ4n) is 4.47. The molecule has 0 saturated carbocycles. The lowest BCUT2D eigenvalue weighted by Gasteiger charge is -2.30. The Morgan fingerprint density at radius 2 is 1.65 bits per heavy atom. The van der Waals surface area contributed by atoms with E-state index < -0.39 is 6.04 Å². The molecule has 1 atom stereocenters. The van der Waals surface area contributed by atoms with Crippen LogP contribution in [-0.4, -0.2) is 54.8 Å². The van der Waals surface area contributed by atoms with Crippen LogP contribution in [0.2, 0.25) is 0 Å². The number of anilines is 1. The largest absolute Gasteiger partial charge is 0.371 e. The number of carbonyl (C=O) groups excluding carboxylic acids is 3. The first-order valence-electron chi connectivity index (χ1n) is 11.5. The van der Waals surface area contributed by atoms with E-state index in [2.05, 4.69) is 16.3 Å². The van der Waals surface area contributed by atoms with E-state index in [4.69, 9.17) is 11.5 Å². The first-order valence-corrected chi connectivity index (χ1v) is 11.5. The van der Waals surface area contributed by atoms with Gasteiger partial charge < -0.3 is 21.3 Å². The summed E-state index contributed by atoms with van der Waals surface area (Å²) in [5.41, 5.74) is 14.0. The molecule has 1 aromatic rings. The predicted molar refractivity (Wildman–Crippen MR) is 121 cm³/mol. The maximum atomic E-state index is 13.1. The number of hydrogen-bond donors (Lipinski definition) is 3. The van der Waals surface area contributed by atoms with Crippen LogP contribution < -0.4 is 21.7 Å². The lowest BCUT2D eigenvalue weighted by Crippen LogP contribution is -2.52. The average molecular weight is 430 g/mol. The molecule has 0 aromatic heterocycles. The molecular weight excluding hydrogens is 394 g/mol. The van der Waals surface area contributed by atoms with Crippen LogP contribution in [0.3, 0.4) is 0 Å². The number of nitrogens with zero attached hydrogens (tertiary/aromatic N) is 2. The highest BCUT2D eigenvalue weighted by atomic mass is 16.2. The summed E-state index contributed by atoms with van der Waals surface area (Å²) in [6, 6.07) is 5.24. The highest BCUT2D eigenvalue weighted by molar-refractivity contribution is 6.06. The molecule has 8 nitrogen and oxygen atoms in total. The lowest BCUT2D eigenvalue weighted by molar-refractivity contribution is -0.136. The van der Waals surface area contributed by atoms with Crippen LogP contribution in [0.1, 0.15) is 67.3 Å². The normalized spacial score (nSPS) is 18.3. The van der Waals surface area contributed by atoms with Crippen LogP contribution in [0.25, 0.3) is 0 Å². The molecule has 170 valence electrons. The Kier molecular flexibility index (Phi) is 8.43. The Morgan fingerprint density at radius 1 is 0.968 bits per heavy atom. The minimum atomic E-state index is -0.590. The number of unbranched alkanes of at least 4 members (excludes halogenated alkanes) is 4. The highest BCUT2D eigenvalue weighted by Crippen LogP contribution is 2.34. The van der Waals surface area contributed by atoms with Gasteiger partial charge in [0.1, 0.15) is 6.04 Å². The standard InChI is InChI=1S/C23H35N5O3/c24-12-3-1-2-5-14-27(15-6-4-13-25)19-9-7-8-17-18(19)16-28(23(17)31)20-10-11-21(29)26-22(20)30/h7-9,20H,1-6,10-16,24-25H2,(H,26,29,30). The van der Waals surface area contributed by atoms with Gasteiger partial charge in [-0.25, -0.2) is 0 Å². The van der Waals surface area contributed by atoms with E-state index >= 15 is 0 Å². The number of rotatable bonds is 12. The lowest BCUT2D eigenvalue weighted by atomic mass is 10.0. The van der Waals surface area contributed by atoms with Crippen LogP contribution in [0.15, 0.2) is 18.2 Å². The summed E-state index contributed by atoms with van der Waals surface area (Å²) in [4.78, 5) is 40.9. The van der Waals surface area contributed by atoms with E-state index in [9.17, 15) is 14.4 Å². The zero-order chi connectivity index (χ0) is 22.2. The second-order valence-electron chi connectivity index (χ2n) is 8.39. The van der Waals surface area contributed by atoms with Crippen LogP contribution in [0, 0.1) is 0 Å². The minimum absolute atomic E-state index is 0.129. The average Bonchev–Trinajstić information content (AvgIpc) is 3.09. The monoisotopic (exact) mass is 429 g/mol. The summed E-state index contributed by atoms with van der Waals surface area (Å²) in [7, 11) is 0. The third-order valence-corrected chi connectivity index (χ3v) is 6.16. The molecule has 1 unspecified atom stereocenters. The molecule has 1 saturated heterocycles. The predicted octanol–water partition coefficient (Wildman–Crippen LogP) is 1.51. The van der Waals surface area contributed by atoms with E-state index in [1.165, 1.54) is 0 Å². The van der Waals surface area contributed by atoms with Crippen molar-refractivity contribution in [1.29, 1.82) is 0 Å². The van der Waals surface area contributed by atoms with Gasteiger partial charge in [-0.1, -0.05) is 18.9 Å². The molecule has 0 radical (unpaired) electrons. The first kappa shape index (κ1) is 23.2. The molecule has 2 heterocycles. The Hall–Kier alpha value is -2.45. The van der Waals surface area contributed by atoms with Gasteiger partial charge in [0.05, 0.1) is 0 Å². The van der Waals surface area contributed by atoms with E-state index in [-0.39, 0.29) is 24.1 Å². The van der Waals surface area contributed by atoms with Gasteiger partial charge in [-0.3, -0.25) is 19.7 Å². The fourth-order valence-corrected chi connectivity index (χ4v) is 4.47. The van der Waals surface area contributed by atoms with Crippen LogP contribution in [0.5, 0.6) is 0 Å². The van der Waals surface area contributed by atoms with Gasteiger partial charge in [0.25, 0.3) is 5.91 Å². The number of piperidine rings is 1. The number of nitrogens with two attached hydrogens (primary N) is 2. The quantitative estimate of drug-likeness (QED) is 0.342. The number of hydrogen-bond acceptors (Lipinski definition) is 6. The van der Waals surface area contributed by atoms with Crippen molar-refractivity contribution in [2.45, 2.75) is 64.0 Å². The maximum Gasteiger partial charge on any atom is 0.255 e. The third-order valence-electron chi connectivity index (χ3n) is 6.16. The number of fused-ring (bicyclic) bond motifs is 1. The van der Waals surface area contributed by atoms with Crippen molar-refractivity contribution in [2.24, 2.45) is 11.5 Å². The molecule has 2 aliphatic rings. The second kappa shape index (κ2) is 11.2. The summed E-state index contributed by atoms with van der Waals surface area (Å²) in [5, 5.41) is 2.37. The Balaban J connectivity index is 1.76. The summed E-state index contributed by atoms with van der Waals surface area (Å²) < 4.78 is 0. The highest BCUT2D eigenvalue weighted by Gasteiger charge is 2.40. The Morgan fingerprint density at radius 3 is 2.35 bits per heavy atom. The van der Waals surface area contributed by atoms with Gasteiger partial charge in [0.15, 0.2) is 0 Å². The number of carbonyl (C=O) groups is 3. The van der Waals surface area contributed by atoms with Crippen molar-refractivity contribution >= 4 is 23.4 Å².